The molecule has 1 aliphatic heterocycles. The van der Waals surface area contributed by atoms with Crippen molar-refractivity contribution in [1.82, 2.24) is 10.2 Å². The minimum Gasteiger partial charge on any atom is -0.497 e. The van der Waals surface area contributed by atoms with Crippen LogP contribution in [0.3, 0.4) is 0 Å². The van der Waals surface area contributed by atoms with E-state index in [4.69, 9.17) is 14.2 Å². The number of carbonyl (C=O) groups excluding carboxylic acids is 2. The van der Waals surface area contributed by atoms with Crippen LogP contribution in [-0.2, 0) is 20.7 Å². The molecule has 3 rings (SSSR count). The van der Waals surface area contributed by atoms with Crippen LogP contribution in [0.2, 0.25) is 0 Å². The molecule has 0 spiro atoms. The van der Waals surface area contributed by atoms with E-state index in [-0.39, 0.29) is 30.9 Å². The van der Waals surface area contributed by atoms with Crippen LogP contribution in [0.4, 0.5) is 4.39 Å². The second kappa shape index (κ2) is 10.8. The minimum atomic E-state index is -0.851. The molecule has 1 saturated heterocycles. The lowest BCUT2D eigenvalue weighted by atomic mass is 10.0. The molecule has 7 nitrogen and oxygen atoms in total. The van der Waals surface area contributed by atoms with Gasteiger partial charge in [-0.05, 0) is 35.9 Å². The lowest BCUT2D eigenvalue weighted by Gasteiger charge is -2.35. The summed E-state index contributed by atoms with van der Waals surface area (Å²) in [5.74, 6) is 0.386. The van der Waals surface area contributed by atoms with Crippen LogP contribution in [0.15, 0.2) is 48.5 Å². The number of benzene rings is 2. The van der Waals surface area contributed by atoms with Gasteiger partial charge in [-0.25, -0.2) is 4.39 Å². The average Bonchev–Trinajstić information content (AvgIpc) is 2.78. The molecule has 2 aromatic rings. The summed E-state index contributed by atoms with van der Waals surface area (Å²) in [6, 6.07) is 12.6. The Balaban J connectivity index is 1.61. The highest BCUT2D eigenvalue weighted by molar-refractivity contribution is 5.87. The van der Waals surface area contributed by atoms with Gasteiger partial charge in [0.05, 0.1) is 20.3 Å². The zero-order valence-electron chi connectivity index (χ0n) is 17.7. The number of carbonyl (C=O) groups is 2. The van der Waals surface area contributed by atoms with Crippen LogP contribution in [-0.4, -0.2) is 62.3 Å². The first-order valence-corrected chi connectivity index (χ1v) is 10.1. The summed E-state index contributed by atoms with van der Waals surface area (Å²) in [6.45, 7) is 2.68. The molecular weight excluding hydrogens is 403 g/mol. The van der Waals surface area contributed by atoms with Crippen molar-refractivity contribution < 1.29 is 28.2 Å². The number of morpholine rings is 1. The van der Waals surface area contributed by atoms with Crippen LogP contribution in [0, 0.1) is 5.82 Å². The van der Waals surface area contributed by atoms with Gasteiger partial charge in [-0.1, -0.05) is 18.2 Å². The maximum Gasteiger partial charge on any atom is 0.245 e. The maximum absolute atomic E-state index is 14.1. The number of hydrogen-bond donors (Lipinski definition) is 1. The number of hydrogen-bond acceptors (Lipinski definition) is 5. The molecule has 2 aromatic carbocycles. The van der Waals surface area contributed by atoms with Crippen molar-refractivity contribution in [3.05, 3.63) is 59.9 Å². The van der Waals surface area contributed by atoms with Crippen LogP contribution >= 0.6 is 0 Å². The van der Waals surface area contributed by atoms with Crippen LogP contribution < -0.4 is 14.8 Å². The topological polar surface area (TPSA) is 77.1 Å². The number of nitrogens with zero attached hydrogens (tertiary/aromatic N) is 1. The summed E-state index contributed by atoms with van der Waals surface area (Å²) >= 11 is 0. The predicted octanol–water partition coefficient (Wildman–Crippen LogP) is 2.19. The Kier molecular flexibility index (Phi) is 7.83. The zero-order chi connectivity index (χ0) is 22.2. The molecule has 31 heavy (non-hydrogen) atoms. The maximum atomic E-state index is 14.1. The van der Waals surface area contributed by atoms with Crippen molar-refractivity contribution in [2.45, 2.75) is 25.5 Å². The van der Waals surface area contributed by atoms with E-state index in [1.54, 1.807) is 54.5 Å². The number of nitrogens with one attached hydrogen (secondary N) is 1. The van der Waals surface area contributed by atoms with E-state index in [1.165, 1.54) is 13.0 Å². The van der Waals surface area contributed by atoms with Gasteiger partial charge in [-0.2, -0.15) is 0 Å². The molecule has 0 bridgehead atoms. The molecule has 8 heteroatoms. The molecular formula is C23H27FN2O5. The Bertz CT molecular complexity index is 890. The van der Waals surface area contributed by atoms with Crippen molar-refractivity contribution in [2.24, 2.45) is 0 Å². The quantitative estimate of drug-likeness (QED) is 0.695. The minimum absolute atomic E-state index is 0.0788. The molecule has 2 amide bonds. The number of halogens is 1. The van der Waals surface area contributed by atoms with Crippen molar-refractivity contribution in [1.29, 1.82) is 0 Å². The Morgan fingerprint density at radius 3 is 2.58 bits per heavy atom. The van der Waals surface area contributed by atoms with E-state index < -0.39 is 11.9 Å². The zero-order valence-corrected chi connectivity index (χ0v) is 17.7. The third-order valence-electron chi connectivity index (χ3n) is 5.00. The van der Waals surface area contributed by atoms with Crippen LogP contribution in [0.25, 0.3) is 0 Å². The van der Waals surface area contributed by atoms with E-state index in [1.807, 2.05) is 0 Å². The molecule has 0 radical (unpaired) electrons. The first kappa shape index (κ1) is 22.6. The summed E-state index contributed by atoms with van der Waals surface area (Å²) < 4.78 is 30.7. The van der Waals surface area contributed by atoms with Crippen molar-refractivity contribution in [3.63, 3.8) is 0 Å². The largest absolute Gasteiger partial charge is 0.497 e. The molecule has 2 atom stereocenters. The molecule has 166 valence electrons. The van der Waals surface area contributed by atoms with E-state index in [2.05, 4.69) is 5.32 Å². The van der Waals surface area contributed by atoms with Gasteiger partial charge in [-0.3, -0.25) is 9.59 Å². The fourth-order valence-corrected chi connectivity index (χ4v) is 3.43. The normalized spacial score (nSPS) is 17.0. The van der Waals surface area contributed by atoms with E-state index in [0.717, 1.165) is 5.75 Å². The highest BCUT2D eigenvalue weighted by Crippen LogP contribution is 2.18. The lowest BCUT2D eigenvalue weighted by molar-refractivity contribution is -0.143. The van der Waals surface area contributed by atoms with Gasteiger partial charge in [0, 0.05) is 19.9 Å². The molecule has 1 aliphatic rings. The predicted molar refractivity (Wildman–Crippen MR) is 113 cm³/mol. The number of amides is 2. The summed E-state index contributed by atoms with van der Waals surface area (Å²) in [7, 11) is 1.59. The average molecular weight is 430 g/mol. The smallest absolute Gasteiger partial charge is 0.245 e. The first-order valence-electron chi connectivity index (χ1n) is 10.1. The van der Waals surface area contributed by atoms with Crippen molar-refractivity contribution in [3.8, 4) is 11.5 Å². The third-order valence-corrected chi connectivity index (χ3v) is 5.00. The van der Waals surface area contributed by atoms with E-state index in [0.29, 0.717) is 31.0 Å². The van der Waals surface area contributed by atoms with Gasteiger partial charge >= 0.3 is 0 Å². The Hall–Kier alpha value is -3.13. The molecule has 0 aliphatic carbocycles. The van der Waals surface area contributed by atoms with Crippen LogP contribution in [0.5, 0.6) is 11.5 Å². The molecule has 1 fully saturated rings. The summed E-state index contributed by atoms with van der Waals surface area (Å²) in [5.41, 5.74) is 0.377. The second-order valence-corrected chi connectivity index (χ2v) is 7.31. The second-order valence-electron chi connectivity index (χ2n) is 7.31. The highest BCUT2D eigenvalue weighted by atomic mass is 19.1. The van der Waals surface area contributed by atoms with E-state index in [9.17, 15) is 14.0 Å². The molecule has 0 aromatic heterocycles. The Labute approximate surface area is 181 Å². The van der Waals surface area contributed by atoms with Gasteiger partial charge in [0.2, 0.25) is 11.8 Å². The fourth-order valence-electron chi connectivity index (χ4n) is 3.43. The Morgan fingerprint density at radius 1 is 1.19 bits per heavy atom. The number of rotatable bonds is 8. The van der Waals surface area contributed by atoms with Gasteiger partial charge < -0.3 is 24.4 Å². The summed E-state index contributed by atoms with van der Waals surface area (Å²) in [6.07, 6.45) is -0.235. The summed E-state index contributed by atoms with van der Waals surface area (Å²) in [4.78, 5) is 26.4. The van der Waals surface area contributed by atoms with Gasteiger partial charge in [0.1, 0.15) is 36.1 Å². The highest BCUT2D eigenvalue weighted by Gasteiger charge is 2.31. The first-order chi connectivity index (χ1) is 15.0. The number of ether oxygens (including phenoxy) is 3. The van der Waals surface area contributed by atoms with E-state index >= 15 is 0 Å². The SMILES string of the molecule is COc1ccc(OCC2CN(C(=O)C(Cc3ccccc3F)NC(C)=O)CCO2)cc1. The third kappa shape index (κ3) is 6.42. The molecule has 2 unspecified atom stereocenters. The lowest BCUT2D eigenvalue weighted by Crippen LogP contribution is -2.55. The van der Waals surface area contributed by atoms with Crippen LogP contribution in [0.1, 0.15) is 12.5 Å². The summed E-state index contributed by atoms with van der Waals surface area (Å²) in [5, 5.41) is 2.66. The fraction of sp³-hybridized carbons (Fsp3) is 0.391. The molecule has 0 saturated carbocycles. The number of methoxy groups -OCH3 is 1. The Morgan fingerprint density at radius 2 is 1.90 bits per heavy atom. The molecule has 1 heterocycles. The van der Waals surface area contributed by atoms with Crippen molar-refractivity contribution >= 4 is 11.8 Å². The van der Waals surface area contributed by atoms with Gasteiger partial charge in [0.15, 0.2) is 0 Å². The standard InChI is InChI=1S/C23H27FN2O5/c1-16(27)25-22(13-17-5-3-4-6-21(17)24)23(28)26-11-12-30-20(14-26)15-31-19-9-7-18(29-2)8-10-19/h3-10,20,22H,11-15H2,1-2H3,(H,25,27). The molecule has 1 N–H and O–H groups in total. The van der Waals surface area contributed by atoms with Gasteiger partial charge in [-0.15, -0.1) is 0 Å². The van der Waals surface area contributed by atoms with Gasteiger partial charge in [0.25, 0.3) is 0 Å². The monoisotopic (exact) mass is 430 g/mol. The van der Waals surface area contributed by atoms with Crippen molar-refractivity contribution in [2.75, 3.05) is 33.4 Å².